The van der Waals surface area contributed by atoms with Gasteiger partial charge in [0.2, 0.25) is 5.78 Å². The fourth-order valence-electron chi connectivity index (χ4n) is 3.40. The van der Waals surface area contributed by atoms with Gasteiger partial charge in [-0.25, -0.2) is 4.79 Å². The van der Waals surface area contributed by atoms with Crippen LogP contribution < -0.4 is 4.74 Å². The number of aromatic amines is 1. The van der Waals surface area contributed by atoms with Crippen LogP contribution in [0.15, 0.2) is 54.6 Å². The highest BCUT2D eigenvalue weighted by Crippen LogP contribution is 2.29. The molecule has 3 aromatic rings. The number of carbonyl (C=O) groups is 3. The third-order valence-corrected chi connectivity index (χ3v) is 4.75. The van der Waals surface area contributed by atoms with Crippen LogP contribution in [0.3, 0.4) is 0 Å². The second kappa shape index (κ2) is 9.22. The molecule has 0 unspecified atom stereocenters. The molecule has 0 saturated heterocycles. The first-order valence-electron chi connectivity index (χ1n) is 9.54. The number of ketones is 2. The minimum atomic E-state index is -0.654. The fourth-order valence-corrected chi connectivity index (χ4v) is 3.40. The molecular weight excluding hydrogens is 382 g/mol. The zero-order valence-electron chi connectivity index (χ0n) is 17.2. The molecule has 2 aromatic carbocycles. The smallest absolute Gasteiger partial charge is 0.344 e. The Kier molecular flexibility index (Phi) is 6.47. The van der Waals surface area contributed by atoms with Crippen molar-refractivity contribution in [3.8, 4) is 16.9 Å². The van der Waals surface area contributed by atoms with E-state index in [0.717, 1.165) is 11.1 Å². The lowest BCUT2D eigenvalue weighted by Gasteiger charge is -2.11. The van der Waals surface area contributed by atoms with Gasteiger partial charge in [-0.15, -0.1) is 0 Å². The molecule has 1 N–H and O–H groups in total. The number of H-pyrrole nitrogens is 1. The van der Waals surface area contributed by atoms with Crippen LogP contribution in [0, 0.1) is 13.8 Å². The van der Waals surface area contributed by atoms with Gasteiger partial charge in [-0.2, -0.15) is 0 Å². The van der Waals surface area contributed by atoms with Crippen molar-refractivity contribution in [2.75, 3.05) is 13.2 Å². The summed E-state index contributed by atoms with van der Waals surface area (Å²) in [6, 6.07) is 17.1. The molecule has 0 fully saturated rings. The summed E-state index contributed by atoms with van der Waals surface area (Å²) in [5, 5.41) is 0. The van der Waals surface area contributed by atoms with E-state index in [4.69, 9.17) is 9.47 Å². The quantitative estimate of drug-likeness (QED) is 0.446. The lowest BCUT2D eigenvalue weighted by molar-refractivity contribution is -0.144. The number of hydrogen-bond donors (Lipinski definition) is 1. The maximum Gasteiger partial charge on any atom is 0.344 e. The van der Waals surface area contributed by atoms with Crippen molar-refractivity contribution >= 4 is 17.5 Å². The largest absolute Gasteiger partial charge is 0.481 e. The number of aryl methyl sites for hydroxylation is 1. The van der Waals surface area contributed by atoms with Gasteiger partial charge < -0.3 is 14.5 Å². The summed E-state index contributed by atoms with van der Waals surface area (Å²) >= 11 is 0. The molecule has 0 aliphatic heterocycles. The molecule has 6 nitrogen and oxygen atoms in total. The summed E-state index contributed by atoms with van der Waals surface area (Å²) in [6.45, 7) is 4.12. The van der Waals surface area contributed by atoms with E-state index in [9.17, 15) is 14.4 Å². The van der Waals surface area contributed by atoms with Crippen LogP contribution in [0.2, 0.25) is 0 Å². The first-order chi connectivity index (χ1) is 14.4. The average molecular weight is 405 g/mol. The Hall–Kier alpha value is -3.67. The normalized spacial score (nSPS) is 10.5. The summed E-state index contributed by atoms with van der Waals surface area (Å²) in [5.41, 5.74) is 3.78. The number of hydrogen-bond acceptors (Lipinski definition) is 5. The molecule has 0 aliphatic carbocycles. The van der Waals surface area contributed by atoms with Crippen molar-refractivity contribution in [2.45, 2.75) is 20.8 Å². The van der Waals surface area contributed by atoms with Gasteiger partial charge in [-0.1, -0.05) is 48.5 Å². The van der Waals surface area contributed by atoms with Gasteiger partial charge >= 0.3 is 5.97 Å². The summed E-state index contributed by atoms with van der Waals surface area (Å²) in [6.07, 6.45) is 0. The van der Waals surface area contributed by atoms with E-state index < -0.39 is 18.4 Å². The minimum Gasteiger partial charge on any atom is -0.481 e. The van der Waals surface area contributed by atoms with Gasteiger partial charge in [0, 0.05) is 16.8 Å². The fraction of sp³-hybridized carbons (Fsp3) is 0.208. The number of ether oxygens (including phenoxy) is 2. The summed E-state index contributed by atoms with van der Waals surface area (Å²) in [7, 11) is 0. The molecule has 0 aliphatic rings. The van der Waals surface area contributed by atoms with Crippen LogP contribution >= 0.6 is 0 Å². The lowest BCUT2D eigenvalue weighted by atomic mass is 10.1. The standard InChI is InChI=1S/C24H23NO5/c1-15-23(17(3)26)16(2)25-24(15)20(27)13-30-22(28)14-29-21-12-8-7-11-19(21)18-9-5-4-6-10-18/h4-12,25H,13-14H2,1-3H3. The number of aromatic nitrogens is 1. The predicted octanol–water partition coefficient (Wildman–Crippen LogP) is 4.31. The van der Waals surface area contributed by atoms with Crippen LogP contribution in [0.25, 0.3) is 11.1 Å². The van der Waals surface area contributed by atoms with Crippen LogP contribution in [0.5, 0.6) is 5.75 Å². The molecular formula is C24H23NO5. The van der Waals surface area contributed by atoms with Crippen LogP contribution in [0.1, 0.15) is 39.0 Å². The van der Waals surface area contributed by atoms with Crippen LogP contribution in [-0.4, -0.2) is 35.7 Å². The second-order valence-electron chi connectivity index (χ2n) is 6.92. The second-order valence-corrected chi connectivity index (χ2v) is 6.92. The highest BCUT2D eigenvalue weighted by molar-refractivity contribution is 6.04. The zero-order valence-corrected chi connectivity index (χ0v) is 17.2. The number of para-hydroxylation sites is 1. The molecule has 1 aromatic heterocycles. The monoisotopic (exact) mass is 405 g/mol. The number of Topliss-reactive ketones (excluding diaryl/α,β-unsaturated/α-hetero) is 2. The molecule has 6 heteroatoms. The van der Waals surface area contributed by atoms with Crippen molar-refractivity contribution in [3.63, 3.8) is 0 Å². The van der Waals surface area contributed by atoms with Gasteiger partial charge in [0.05, 0.1) is 5.69 Å². The maximum absolute atomic E-state index is 12.4. The van der Waals surface area contributed by atoms with E-state index in [-0.39, 0.29) is 18.1 Å². The average Bonchev–Trinajstić information content (AvgIpc) is 3.05. The Morgan fingerprint density at radius 2 is 1.57 bits per heavy atom. The highest BCUT2D eigenvalue weighted by atomic mass is 16.6. The summed E-state index contributed by atoms with van der Waals surface area (Å²) in [5.74, 6) is -0.628. The molecule has 0 amide bonds. The van der Waals surface area contributed by atoms with Crippen molar-refractivity contribution < 1.29 is 23.9 Å². The van der Waals surface area contributed by atoms with Crippen molar-refractivity contribution in [2.24, 2.45) is 0 Å². The Morgan fingerprint density at radius 3 is 2.23 bits per heavy atom. The molecule has 30 heavy (non-hydrogen) atoms. The topological polar surface area (TPSA) is 85.5 Å². The zero-order chi connectivity index (χ0) is 21.7. The molecule has 0 bridgehead atoms. The Bertz CT molecular complexity index is 1080. The molecule has 0 radical (unpaired) electrons. The van der Waals surface area contributed by atoms with E-state index in [1.807, 2.05) is 48.5 Å². The van der Waals surface area contributed by atoms with Crippen molar-refractivity contribution in [1.29, 1.82) is 0 Å². The maximum atomic E-state index is 12.4. The predicted molar refractivity (Wildman–Crippen MR) is 113 cm³/mol. The van der Waals surface area contributed by atoms with E-state index >= 15 is 0 Å². The molecule has 0 atom stereocenters. The van der Waals surface area contributed by atoms with Gasteiger partial charge in [0.1, 0.15) is 5.75 Å². The molecule has 154 valence electrons. The minimum absolute atomic E-state index is 0.122. The van der Waals surface area contributed by atoms with Crippen molar-refractivity contribution in [1.82, 2.24) is 4.98 Å². The van der Waals surface area contributed by atoms with Gasteiger partial charge in [-0.3, -0.25) is 9.59 Å². The lowest BCUT2D eigenvalue weighted by Crippen LogP contribution is -2.20. The first kappa shape index (κ1) is 21.0. The molecule has 1 heterocycles. The summed E-state index contributed by atoms with van der Waals surface area (Å²) < 4.78 is 10.7. The summed E-state index contributed by atoms with van der Waals surface area (Å²) in [4.78, 5) is 39.1. The Labute approximate surface area is 174 Å². The third-order valence-electron chi connectivity index (χ3n) is 4.75. The van der Waals surface area contributed by atoms with E-state index in [1.165, 1.54) is 6.92 Å². The number of nitrogens with one attached hydrogen (secondary N) is 1. The van der Waals surface area contributed by atoms with Gasteiger partial charge in [0.15, 0.2) is 19.0 Å². The Balaban J connectivity index is 1.60. The molecule has 0 spiro atoms. The number of benzene rings is 2. The number of rotatable bonds is 8. The van der Waals surface area contributed by atoms with Crippen molar-refractivity contribution in [3.05, 3.63) is 77.1 Å². The van der Waals surface area contributed by atoms with Gasteiger partial charge in [0.25, 0.3) is 0 Å². The number of esters is 1. The van der Waals surface area contributed by atoms with E-state index in [2.05, 4.69) is 4.98 Å². The van der Waals surface area contributed by atoms with Crippen LogP contribution in [-0.2, 0) is 9.53 Å². The molecule has 0 saturated carbocycles. The molecule has 3 rings (SSSR count). The third kappa shape index (κ3) is 4.66. The van der Waals surface area contributed by atoms with Crippen LogP contribution in [0.4, 0.5) is 0 Å². The SMILES string of the molecule is CC(=O)c1c(C)[nH]c(C(=O)COC(=O)COc2ccccc2-c2ccccc2)c1C. The number of carbonyl (C=O) groups excluding carboxylic acids is 3. The highest BCUT2D eigenvalue weighted by Gasteiger charge is 2.21. The first-order valence-corrected chi connectivity index (χ1v) is 9.54. The van der Waals surface area contributed by atoms with E-state index in [1.54, 1.807) is 19.9 Å². The van der Waals surface area contributed by atoms with E-state index in [0.29, 0.717) is 22.6 Å². The van der Waals surface area contributed by atoms with Gasteiger partial charge in [-0.05, 0) is 38.0 Å². The Morgan fingerprint density at radius 1 is 0.900 bits per heavy atom.